The standard InChI is InChI=1S/C18H20F2N2O2/c1-12-4-7-17(24-3)13(8-12)10-22(2)11-18(23)21-16-6-5-14(19)9-15(16)20/h4-9H,10-11H2,1-3H3,(H,21,23). The number of anilines is 1. The highest BCUT2D eigenvalue weighted by atomic mass is 19.1. The molecule has 0 fully saturated rings. The lowest BCUT2D eigenvalue weighted by Crippen LogP contribution is -2.30. The van der Waals surface area contributed by atoms with Gasteiger partial charge in [0.1, 0.15) is 17.4 Å². The molecular formula is C18H20F2N2O2. The number of benzene rings is 2. The normalized spacial score (nSPS) is 10.8. The predicted octanol–water partition coefficient (Wildman–Crippen LogP) is 3.35. The van der Waals surface area contributed by atoms with Crippen molar-refractivity contribution in [3.8, 4) is 5.75 Å². The van der Waals surface area contributed by atoms with Crippen molar-refractivity contribution in [2.45, 2.75) is 13.5 Å². The lowest BCUT2D eigenvalue weighted by molar-refractivity contribution is -0.117. The number of carbonyl (C=O) groups excluding carboxylic acids is 1. The van der Waals surface area contributed by atoms with Crippen LogP contribution in [0.15, 0.2) is 36.4 Å². The molecule has 0 spiro atoms. The average Bonchev–Trinajstić information content (AvgIpc) is 2.50. The summed E-state index contributed by atoms with van der Waals surface area (Å²) in [6, 6.07) is 8.86. The van der Waals surface area contributed by atoms with Crippen LogP contribution in [-0.4, -0.2) is 31.5 Å². The van der Waals surface area contributed by atoms with Gasteiger partial charge in [0.25, 0.3) is 0 Å². The number of hydrogen-bond donors (Lipinski definition) is 1. The van der Waals surface area contributed by atoms with Gasteiger partial charge in [0.15, 0.2) is 0 Å². The Hall–Kier alpha value is -2.47. The Morgan fingerprint density at radius 3 is 2.62 bits per heavy atom. The molecule has 0 unspecified atom stereocenters. The number of carbonyl (C=O) groups is 1. The second-order valence-corrected chi connectivity index (χ2v) is 5.66. The van der Waals surface area contributed by atoms with Crippen molar-refractivity contribution >= 4 is 11.6 Å². The zero-order valence-corrected chi connectivity index (χ0v) is 13.9. The Bertz CT molecular complexity index is 735. The van der Waals surface area contributed by atoms with Gasteiger partial charge in [-0.15, -0.1) is 0 Å². The predicted molar refractivity (Wildman–Crippen MR) is 89.1 cm³/mol. The van der Waals surface area contributed by atoms with E-state index in [0.717, 1.165) is 29.0 Å². The summed E-state index contributed by atoms with van der Waals surface area (Å²) in [7, 11) is 3.38. The number of amides is 1. The minimum Gasteiger partial charge on any atom is -0.496 e. The van der Waals surface area contributed by atoms with Crippen molar-refractivity contribution in [3.05, 3.63) is 59.2 Å². The lowest BCUT2D eigenvalue weighted by atomic mass is 10.1. The minimum absolute atomic E-state index is 0.0389. The highest BCUT2D eigenvalue weighted by Gasteiger charge is 2.12. The van der Waals surface area contributed by atoms with Crippen molar-refractivity contribution in [1.29, 1.82) is 0 Å². The van der Waals surface area contributed by atoms with Gasteiger partial charge in [-0.1, -0.05) is 17.7 Å². The summed E-state index contributed by atoms with van der Waals surface area (Å²) < 4.78 is 31.7. The average molecular weight is 334 g/mol. The molecule has 0 saturated carbocycles. The summed E-state index contributed by atoms with van der Waals surface area (Å²) in [5.74, 6) is -1.12. The van der Waals surface area contributed by atoms with E-state index in [0.29, 0.717) is 6.54 Å². The first-order valence-corrected chi connectivity index (χ1v) is 7.46. The van der Waals surface area contributed by atoms with Crippen LogP contribution in [-0.2, 0) is 11.3 Å². The zero-order chi connectivity index (χ0) is 17.7. The summed E-state index contributed by atoms with van der Waals surface area (Å²) in [6.45, 7) is 2.55. The Balaban J connectivity index is 1.98. The van der Waals surface area contributed by atoms with Crippen LogP contribution in [0, 0.1) is 18.6 Å². The molecular weight excluding hydrogens is 314 g/mol. The molecule has 1 N–H and O–H groups in total. The topological polar surface area (TPSA) is 41.6 Å². The fourth-order valence-corrected chi connectivity index (χ4v) is 2.40. The van der Waals surface area contributed by atoms with Gasteiger partial charge in [-0.2, -0.15) is 0 Å². The van der Waals surface area contributed by atoms with Crippen LogP contribution in [0.2, 0.25) is 0 Å². The van der Waals surface area contributed by atoms with Crippen molar-refractivity contribution in [3.63, 3.8) is 0 Å². The molecule has 2 aromatic rings. The number of aryl methyl sites for hydroxylation is 1. The fourth-order valence-electron chi connectivity index (χ4n) is 2.40. The molecule has 2 aromatic carbocycles. The van der Waals surface area contributed by atoms with E-state index in [9.17, 15) is 13.6 Å². The van der Waals surface area contributed by atoms with Gasteiger partial charge in [0.05, 0.1) is 19.3 Å². The first kappa shape index (κ1) is 17.9. The van der Waals surface area contributed by atoms with Crippen molar-refractivity contribution < 1.29 is 18.3 Å². The van der Waals surface area contributed by atoms with Gasteiger partial charge in [-0.25, -0.2) is 8.78 Å². The van der Waals surface area contributed by atoms with E-state index in [1.54, 1.807) is 19.1 Å². The number of nitrogens with one attached hydrogen (secondary N) is 1. The molecule has 0 aromatic heterocycles. The van der Waals surface area contributed by atoms with Crippen LogP contribution in [0.25, 0.3) is 0 Å². The number of hydrogen-bond acceptors (Lipinski definition) is 3. The molecule has 0 radical (unpaired) electrons. The third kappa shape index (κ3) is 4.76. The van der Waals surface area contributed by atoms with Gasteiger partial charge in [0, 0.05) is 18.2 Å². The SMILES string of the molecule is COc1ccc(C)cc1CN(C)CC(=O)Nc1ccc(F)cc1F. The summed E-state index contributed by atoms with van der Waals surface area (Å²) in [5.41, 5.74) is 2.01. The van der Waals surface area contributed by atoms with Gasteiger partial charge in [0.2, 0.25) is 5.91 Å². The summed E-state index contributed by atoms with van der Waals surface area (Å²) in [4.78, 5) is 13.8. The number of ether oxygens (including phenoxy) is 1. The molecule has 0 aliphatic rings. The Labute approximate surface area is 140 Å². The third-order valence-electron chi connectivity index (χ3n) is 3.49. The molecule has 0 aliphatic heterocycles. The Kier molecular flexibility index (Phi) is 5.87. The number of rotatable bonds is 6. The van der Waals surface area contributed by atoms with Crippen LogP contribution in [0.3, 0.4) is 0 Å². The van der Waals surface area contributed by atoms with Gasteiger partial charge < -0.3 is 10.1 Å². The molecule has 4 nitrogen and oxygen atoms in total. The Morgan fingerprint density at radius 1 is 1.21 bits per heavy atom. The second-order valence-electron chi connectivity index (χ2n) is 5.66. The van der Waals surface area contributed by atoms with Crippen LogP contribution in [0.1, 0.15) is 11.1 Å². The first-order valence-electron chi connectivity index (χ1n) is 7.46. The van der Waals surface area contributed by atoms with Gasteiger partial charge >= 0.3 is 0 Å². The smallest absolute Gasteiger partial charge is 0.238 e. The highest BCUT2D eigenvalue weighted by molar-refractivity contribution is 5.92. The van der Waals surface area contributed by atoms with Crippen LogP contribution in [0.4, 0.5) is 14.5 Å². The molecule has 2 rings (SSSR count). The fraction of sp³-hybridized carbons (Fsp3) is 0.278. The second kappa shape index (κ2) is 7.88. The molecule has 0 heterocycles. The minimum atomic E-state index is -0.800. The van der Waals surface area contributed by atoms with Crippen molar-refractivity contribution in [2.24, 2.45) is 0 Å². The monoisotopic (exact) mass is 334 g/mol. The summed E-state index contributed by atoms with van der Waals surface area (Å²) in [6.07, 6.45) is 0. The zero-order valence-electron chi connectivity index (χ0n) is 13.9. The maximum atomic E-state index is 13.6. The third-order valence-corrected chi connectivity index (χ3v) is 3.49. The number of halogens is 2. The van der Waals surface area contributed by atoms with E-state index in [1.807, 2.05) is 25.1 Å². The number of methoxy groups -OCH3 is 1. The van der Waals surface area contributed by atoms with E-state index in [-0.39, 0.29) is 18.1 Å². The van der Waals surface area contributed by atoms with Crippen LogP contribution < -0.4 is 10.1 Å². The van der Waals surface area contributed by atoms with Gasteiger partial charge in [-0.05, 0) is 32.2 Å². The van der Waals surface area contributed by atoms with E-state index < -0.39 is 11.6 Å². The molecule has 6 heteroatoms. The quantitative estimate of drug-likeness (QED) is 0.881. The molecule has 128 valence electrons. The highest BCUT2D eigenvalue weighted by Crippen LogP contribution is 2.21. The van der Waals surface area contributed by atoms with Crippen molar-refractivity contribution in [1.82, 2.24) is 4.90 Å². The molecule has 0 atom stereocenters. The number of likely N-dealkylation sites (N-methyl/N-ethyl adjacent to an activating group) is 1. The summed E-state index contributed by atoms with van der Waals surface area (Å²) >= 11 is 0. The first-order chi connectivity index (χ1) is 11.4. The largest absolute Gasteiger partial charge is 0.496 e. The van der Waals surface area contributed by atoms with E-state index in [4.69, 9.17) is 4.74 Å². The van der Waals surface area contributed by atoms with Crippen LogP contribution in [0.5, 0.6) is 5.75 Å². The lowest BCUT2D eigenvalue weighted by Gasteiger charge is -2.18. The summed E-state index contributed by atoms with van der Waals surface area (Å²) in [5, 5.41) is 2.44. The van der Waals surface area contributed by atoms with E-state index in [2.05, 4.69) is 5.32 Å². The Morgan fingerprint density at radius 2 is 1.96 bits per heavy atom. The van der Waals surface area contributed by atoms with E-state index >= 15 is 0 Å². The maximum Gasteiger partial charge on any atom is 0.238 e. The molecule has 1 amide bonds. The molecule has 0 saturated heterocycles. The molecule has 0 aliphatic carbocycles. The maximum absolute atomic E-state index is 13.6. The number of nitrogens with zero attached hydrogens (tertiary/aromatic N) is 1. The van der Waals surface area contributed by atoms with Gasteiger partial charge in [-0.3, -0.25) is 9.69 Å². The molecule has 24 heavy (non-hydrogen) atoms. The molecule has 0 bridgehead atoms. The van der Waals surface area contributed by atoms with Crippen molar-refractivity contribution in [2.75, 3.05) is 26.0 Å². The van der Waals surface area contributed by atoms with E-state index in [1.165, 1.54) is 6.07 Å². The van der Waals surface area contributed by atoms with Crippen LogP contribution >= 0.6 is 0 Å².